The van der Waals surface area contributed by atoms with E-state index in [0.717, 1.165) is 6.42 Å². The summed E-state index contributed by atoms with van der Waals surface area (Å²) >= 11 is 0. The van der Waals surface area contributed by atoms with E-state index in [0.29, 0.717) is 17.3 Å². The fourth-order valence-corrected chi connectivity index (χ4v) is 4.00. The number of rotatable bonds is 3. The Bertz CT molecular complexity index is 903. The predicted molar refractivity (Wildman–Crippen MR) is 81.0 cm³/mol. The number of para-hydroxylation sites is 2. The van der Waals surface area contributed by atoms with Crippen molar-refractivity contribution in [2.75, 3.05) is 17.1 Å². The summed E-state index contributed by atoms with van der Waals surface area (Å²) in [6, 6.07) is 7.06. The van der Waals surface area contributed by atoms with E-state index in [1.165, 1.54) is 10.6 Å². The molecule has 1 aliphatic heterocycles. The van der Waals surface area contributed by atoms with Gasteiger partial charge >= 0.3 is 5.76 Å². The number of nitrogens with zero attached hydrogens (tertiary/aromatic N) is 2. The lowest BCUT2D eigenvalue weighted by atomic mass is 10.1. The first kappa shape index (κ1) is 14.3. The van der Waals surface area contributed by atoms with Crippen LogP contribution < -0.4 is 14.8 Å². The monoisotopic (exact) mass is 337 g/mol. The van der Waals surface area contributed by atoms with Gasteiger partial charge in [0.25, 0.3) is 0 Å². The molecule has 1 fully saturated rings. The molecule has 1 aromatic carbocycles. The molecule has 1 aliphatic carbocycles. The first-order chi connectivity index (χ1) is 10.9. The minimum atomic E-state index is -3.40. The van der Waals surface area contributed by atoms with Gasteiger partial charge in [-0.1, -0.05) is 12.1 Å². The van der Waals surface area contributed by atoms with E-state index in [2.05, 4.69) is 10.2 Å². The normalized spacial score (nSPS) is 26.5. The quantitative estimate of drug-likeness (QED) is 0.883. The first-order valence-corrected chi connectivity index (χ1v) is 9.07. The minimum Gasteiger partial charge on any atom is -0.486 e. The Morgan fingerprint density at radius 2 is 2.13 bits per heavy atom. The second kappa shape index (κ2) is 4.85. The summed E-state index contributed by atoms with van der Waals surface area (Å²) in [6.45, 7) is 0.242. The van der Waals surface area contributed by atoms with E-state index in [1.807, 2.05) is 0 Å². The van der Waals surface area contributed by atoms with E-state index in [-0.39, 0.29) is 24.5 Å². The maximum absolute atomic E-state index is 12.1. The fourth-order valence-electron chi connectivity index (χ4n) is 3.07. The van der Waals surface area contributed by atoms with Gasteiger partial charge in [-0.05, 0) is 18.6 Å². The minimum absolute atomic E-state index is 0.0226. The molecule has 1 aromatic heterocycles. The number of ether oxygens (including phenoxy) is 1. The third kappa shape index (κ3) is 2.50. The van der Waals surface area contributed by atoms with Gasteiger partial charge in [0, 0.05) is 11.8 Å². The number of hydrogen-bond donors (Lipinski definition) is 1. The molecule has 23 heavy (non-hydrogen) atoms. The van der Waals surface area contributed by atoms with E-state index < -0.39 is 15.8 Å². The third-order valence-corrected chi connectivity index (χ3v) is 5.39. The summed E-state index contributed by atoms with van der Waals surface area (Å²) in [6.07, 6.45) is 1.63. The topological polar surface area (TPSA) is 106 Å². The van der Waals surface area contributed by atoms with Crippen LogP contribution in [0, 0.1) is 5.92 Å². The van der Waals surface area contributed by atoms with Crippen molar-refractivity contribution in [2.45, 2.75) is 18.4 Å². The number of benzene rings is 1. The Labute approximate surface area is 132 Å². The maximum Gasteiger partial charge on any atom is 0.434 e. The van der Waals surface area contributed by atoms with Gasteiger partial charge < -0.3 is 9.15 Å². The van der Waals surface area contributed by atoms with Gasteiger partial charge in [-0.25, -0.2) is 18.3 Å². The molecule has 1 N–H and O–H groups in total. The van der Waals surface area contributed by atoms with Crippen molar-refractivity contribution in [1.82, 2.24) is 10.2 Å². The van der Waals surface area contributed by atoms with Gasteiger partial charge in [0.15, 0.2) is 0 Å². The van der Waals surface area contributed by atoms with Crippen LogP contribution in [0.2, 0.25) is 0 Å². The van der Waals surface area contributed by atoms with Gasteiger partial charge in [-0.2, -0.15) is 0 Å². The van der Waals surface area contributed by atoms with Crippen LogP contribution in [-0.4, -0.2) is 37.5 Å². The highest BCUT2D eigenvalue weighted by molar-refractivity contribution is 7.92. The molecule has 9 heteroatoms. The van der Waals surface area contributed by atoms with Gasteiger partial charge in [-0.3, -0.25) is 4.31 Å². The lowest BCUT2D eigenvalue weighted by Crippen LogP contribution is -2.44. The van der Waals surface area contributed by atoms with E-state index in [4.69, 9.17) is 9.15 Å². The van der Waals surface area contributed by atoms with Crippen LogP contribution in [0.4, 0.5) is 5.69 Å². The molecule has 4 rings (SSSR count). The highest BCUT2D eigenvalue weighted by Gasteiger charge is 2.51. The number of aromatic nitrogens is 2. The van der Waals surface area contributed by atoms with Crippen LogP contribution in [0.15, 0.2) is 33.5 Å². The molecule has 0 radical (unpaired) electrons. The Kier molecular flexibility index (Phi) is 3.02. The van der Waals surface area contributed by atoms with Crippen LogP contribution in [0.5, 0.6) is 5.75 Å². The Balaban J connectivity index is 1.62. The molecule has 0 amide bonds. The molecular weight excluding hydrogens is 322 g/mol. The van der Waals surface area contributed by atoms with Crippen molar-refractivity contribution >= 4 is 15.7 Å². The average Bonchev–Trinajstić information content (AvgIpc) is 3.20. The van der Waals surface area contributed by atoms with Crippen molar-refractivity contribution in [2.24, 2.45) is 5.92 Å². The van der Waals surface area contributed by atoms with Gasteiger partial charge in [0.05, 0.1) is 18.5 Å². The summed E-state index contributed by atoms with van der Waals surface area (Å²) in [4.78, 5) is 11.0. The number of hydrogen-bond acceptors (Lipinski definition) is 6. The predicted octanol–water partition coefficient (Wildman–Crippen LogP) is 0.694. The van der Waals surface area contributed by atoms with Crippen LogP contribution in [-0.2, 0) is 10.0 Å². The highest BCUT2D eigenvalue weighted by Crippen LogP contribution is 2.51. The lowest BCUT2D eigenvalue weighted by Gasteiger charge is -2.34. The summed E-state index contributed by atoms with van der Waals surface area (Å²) in [5.74, 6) is 0.361. The molecule has 3 atom stereocenters. The van der Waals surface area contributed by atoms with Gasteiger partial charge in [0.1, 0.15) is 11.9 Å². The number of nitrogens with one attached hydrogen (secondary N) is 1. The van der Waals surface area contributed by atoms with Crippen molar-refractivity contribution in [3.8, 4) is 5.75 Å². The van der Waals surface area contributed by atoms with Crippen LogP contribution in [0.25, 0.3) is 0 Å². The van der Waals surface area contributed by atoms with Crippen LogP contribution in [0.1, 0.15) is 18.2 Å². The molecular formula is C14H15N3O5S. The summed E-state index contributed by atoms with van der Waals surface area (Å²) in [7, 11) is -3.40. The van der Waals surface area contributed by atoms with Crippen molar-refractivity contribution in [1.29, 1.82) is 0 Å². The van der Waals surface area contributed by atoms with Crippen molar-refractivity contribution < 1.29 is 17.6 Å². The van der Waals surface area contributed by atoms with Crippen molar-refractivity contribution in [3.05, 3.63) is 40.7 Å². The van der Waals surface area contributed by atoms with E-state index >= 15 is 0 Å². The fraction of sp³-hybridized carbons (Fsp3) is 0.429. The molecule has 2 unspecified atom stereocenters. The largest absolute Gasteiger partial charge is 0.486 e. The number of anilines is 1. The first-order valence-electron chi connectivity index (χ1n) is 7.22. The standard InChI is InChI=1S/C14H15N3O5S/c1-23(19,20)17-7-12(21-11-5-3-2-4-10(11)17)8-6-9(8)13-15-16-14(18)22-13/h2-5,8-9,12H,6-7H2,1H3,(H,16,18)/t8?,9?,12-/m1/s1. The third-order valence-electron chi connectivity index (χ3n) is 4.25. The SMILES string of the molecule is CS(=O)(=O)N1C[C@H](C2CC2c2n[nH]c(=O)o2)Oc2ccccc21. The Morgan fingerprint density at radius 1 is 1.35 bits per heavy atom. The van der Waals surface area contributed by atoms with E-state index in [9.17, 15) is 13.2 Å². The molecule has 2 aliphatic rings. The second-order valence-electron chi connectivity index (χ2n) is 5.88. The van der Waals surface area contributed by atoms with Crippen LogP contribution >= 0.6 is 0 Å². The molecule has 0 saturated heterocycles. The Morgan fingerprint density at radius 3 is 2.83 bits per heavy atom. The second-order valence-corrected chi connectivity index (χ2v) is 7.78. The maximum atomic E-state index is 12.1. The summed E-state index contributed by atoms with van der Waals surface area (Å²) in [5, 5.41) is 6.09. The van der Waals surface area contributed by atoms with Crippen LogP contribution in [0.3, 0.4) is 0 Å². The molecule has 1 saturated carbocycles. The zero-order valence-corrected chi connectivity index (χ0v) is 13.1. The zero-order chi connectivity index (χ0) is 16.2. The lowest BCUT2D eigenvalue weighted by molar-refractivity contribution is 0.173. The summed E-state index contributed by atoms with van der Waals surface area (Å²) < 4.78 is 36.5. The average molecular weight is 337 g/mol. The van der Waals surface area contributed by atoms with Gasteiger partial charge in [0.2, 0.25) is 15.9 Å². The molecule has 0 spiro atoms. The molecule has 0 bridgehead atoms. The number of sulfonamides is 1. The van der Waals surface area contributed by atoms with Gasteiger partial charge in [-0.15, -0.1) is 5.10 Å². The van der Waals surface area contributed by atoms with E-state index in [1.54, 1.807) is 24.3 Å². The smallest absolute Gasteiger partial charge is 0.434 e. The molecule has 2 aromatic rings. The molecule has 122 valence electrons. The Hall–Kier alpha value is -2.29. The molecule has 2 heterocycles. The summed E-state index contributed by atoms with van der Waals surface area (Å²) in [5.41, 5.74) is 0.551. The number of aromatic amines is 1. The number of fused-ring (bicyclic) bond motifs is 1. The highest BCUT2D eigenvalue weighted by atomic mass is 32.2. The van der Waals surface area contributed by atoms with Crippen molar-refractivity contribution in [3.63, 3.8) is 0 Å². The number of H-pyrrole nitrogens is 1. The molecule has 8 nitrogen and oxygen atoms in total. The zero-order valence-electron chi connectivity index (χ0n) is 12.3.